The molecule has 2 N–H and O–H groups in total. The zero-order valence-electron chi connectivity index (χ0n) is 14.4. The summed E-state index contributed by atoms with van der Waals surface area (Å²) in [6.07, 6.45) is 3.05. The second-order valence-corrected chi connectivity index (χ2v) is 5.85. The molecule has 1 aliphatic rings. The normalized spacial score (nSPS) is 12.5. The molecule has 7 heteroatoms. The molecule has 0 atom stereocenters. The van der Waals surface area contributed by atoms with Gasteiger partial charge in [0.15, 0.2) is 11.5 Å². The molecular weight excluding hydrogens is 348 g/mol. The number of esters is 1. The monoisotopic (exact) mass is 364 g/mol. The predicted octanol–water partition coefficient (Wildman–Crippen LogP) is 3.34. The maximum Gasteiger partial charge on any atom is 0.356 e. The van der Waals surface area contributed by atoms with E-state index in [1.807, 2.05) is 30.3 Å². The number of hydrogen-bond donors (Lipinski definition) is 2. The number of amides is 1. The molecule has 0 saturated carbocycles. The average Bonchev–Trinajstić information content (AvgIpc) is 3.30. The van der Waals surface area contributed by atoms with Gasteiger partial charge in [-0.25, -0.2) is 4.79 Å². The first kappa shape index (κ1) is 16.7. The minimum atomic E-state index is -0.554. The Morgan fingerprint density at radius 1 is 1.15 bits per heavy atom. The van der Waals surface area contributed by atoms with E-state index >= 15 is 0 Å². The number of methoxy groups -OCH3 is 1. The second kappa shape index (κ2) is 6.87. The van der Waals surface area contributed by atoms with E-state index < -0.39 is 5.97 Å². The number of aromatic amines is 1. The third kappa shape index (κ3) is 3.22. The number of hydrogen-bond acceptors (Lipinski definition) is 5. The molecule has 7 nitrogen and oxygen atoms in total. The Morgan fingerprint density at radius 2 is 1.96 bits per heavy atom. The summed E-state index contributed by atoms with van der Waals surface area (Å²) >= 11 is 0. The summed E-state index contributed by atoms with van der Waals surface area (Å²) in [6, 6.07) is 12.7. The zero-order chi connectivity index (χ0) is 18.8. The highest BCUT2D eigenvalue weighted by Gasteiger charge is 2.19. The lowest BCUT2D eigenvalue weighted by Crippen LogP contribution is -2.12. The van der Waals surface area contributed by atoms with E-state index in [9.17, 15) is 9.59 Å². The lowest BCUT2D eigenvalue weighted by atomic mass is 10.2. The minimum absolute atomic E-state index is 0.194. The molecule has 0 radical (unpaired) electrons. The first-order chi connectivity index (χ1) is 13.2. The van der Waals surface area contributed by atoms with Crippen molar-refractivity contribution in [2.75, 3.05) is 19.2 Å². The molecule has 0 fully saturated rings. The van der Waals surface area contributed by atoms with E-state index in [1.165, 1.54) is 13.2 Å². The summed E-state index contributed by atoms with van der Waals surface area (Å²) in [5, 5.41) is 3.48. The Balaban J connectivity index is 1.58. The topological polar surface area (TPSA) is 89.7 Å². The molecule has 4 rings (SSSR count). The van der Waals surface area contributed by atoms with E-state index in [4.69, 9.17) is 14.2 Å². The fourth-order valence-corrected chi connectivity index (χ4v) is 2.88. The summed E-state index contributed by atoms with van der Waals surface area (Å²) < 4.78 is 15.4. The van der Waals surface area contributed by atoms with Crippen LogP contribution in [0, 0.1) is 0 Å². The molecule has 0 saturated heterocycles. The van der Waals surface area contributed by atoms with Crippen molar-refractivity contribution >= 4 is 34.5 Å². The Kier molecular flexibility index (Phi) is 4.25. The molecule has 1 aliphatic heterocycles. The van der Waals surface area contributed by atoms with Gasteiger partial charge in [-0.3, -0.25) is 4.79 Å². The van der Waals surface area contributed by atoms with Crippen LogP contribution < -0.4 is 14.8 Å². The maximum atomic E-state index is 12.4. The van der Waals surface area contributed by atoms with E-state index in [-0.39, 0.29) is 18.4 Å². The van der Waals surface area contributed by atoms with Gasteiger partial charge in [-0.15, -0.1) is 0 Å². The van der Waals surface area contributed by atoms with Gasteiger partial charge in [-0.05, 0) is 29.8 Å². The molecule has 0 aliphatic carbocycles. The number of aromatic nitrogens is 1. The highest BCUT2D eigenvalue weighted by atomic mass is 16.7. The number of carbonyl (C=O) groups is 2. The molecule has 2 aromatic carbocycles. The van der Waals surface area contributed by atoms with Crippen LogP contribution in [0.1, 0.15) is 16.1 Å². The highest BCUT2D eigenvalue weighted by molar-refractivity contribution is 6.13. The predicted molar refractivity (Wildman–Crippen MR) is 99.9 cm³/mol. The van der Waals surface area contributed by atoms with Gasteiger partial charge < -0.3 is 24.5 Å². The van der Waals surface area contributed by atoms with Crippen LogP contribution in [-0.2, 0) is 9.53 Å². The Labute approximate surface area is 154 Å². The highest BCUT2D eigenvalue weighted by Crippen LogP contribution is 2.33. The molecule has 136 valence electrons. The summed E-state index contributed by atoms with van der Waals surface area (Å²) in [6.45, 7) is 0.194. The van der Waals surface area contributed by atoms with Crippen molar-refractivity contribution in [3.05, 3.63) is 59.8 Å². The Bertz CT molecular complexity index is 1070. The molecule has 2 heterocycles. The Hall–Kier alpha value is -3.74. The summed E-state index contributed by atoms with van der Waals surface area (Å²) in [5.41, 5.74) is 2.11. The zero-order valence-corrected chi connectivity index (χ0v) is 14.4. The second-order valence-electron chi connectivity index (χ2n) is 5.85. The number of nitrogens with one attached hydrogen (secondary N) is 2. The standard InChI is InChI=1S/C20H16N2O5/c1-25-20(24)19-18(13-4-2-3-5-14(13)21-19)22-17(23)9-7-12-6-8-15-16(10-12)27-11-26-15/h2-10,21H,11H2,1H3,(H,22,23)/b9-7+. The van der Waals surface area contributed by atoms with Crippen molar-refractivity contribution in [1.82, 2.24) is 4.98 Å². The van der Waals surface area contributed by atoms with Crippen LogP contribution in [0.15, 0.2) is 48.5 Å². The van der Waals surface area contributed by atoms with Crippen molar-refractivity contribution < 1.29 is 23.8 Å². The van der Waals surface area contributed by atoms with Gasteiger partial charge in [0.1, 0.15) is 5.69 Å². The Morgan fingerprint density at radius 3 is 2.81 bits per heavy atom. The summed E-state index contributed by atoms with van der Waals surface area (Å²) in [4.78, 5) is 27.4. The van der Waals surface area contributed by atoms with Gasteiger partial charge in [0.25, 0.3) is 0 Å². The van der Waals surface area contributed by atoms with E-state index in [1.54, 1.807) is 18.2 Å². The van der Waals surface area contributed by atoms with Gasteiger partial charge in [-0.1, -0.05) is 24.3 Å². The van der Waals surface area contributed by atoms with Gasteiger partial charge in [0.05, 0.1) is 12.8 Å². The molecular formula is C20H16N2O5. The number of anilines is 1. The number of carbonyl (C=O) groups excluding carboxylic acids is 2. The van der Waals surface area contributed by atoms with E-state index in [0.717, 1.165) is 16.5 Å². The fourth-order valence-electron chi connectivity index (χ4n) is 2.88. The molecule has 0 spiro atoms. The van der Waals surface area contributed by atoms with Gasteiger partial charge >= 0.3 is 5.97 Å². The smallest absolute Gasteiger partial charge is 0.356 e. The molecule has 1 aromatic heterocycles. The van der Waals surface area contributed by atoms with E-state index in [0.29, 0.717) is 17.2 Å². The molecule has 0 unspecified atom stereocenters. The maximum absolute atomic E-state index is 12.4. The number of benzene rings is 2. The third-order valence-electron chi connectivity index (χ3n) is 4.17. The summed E-state index contributed by atoms with van der Waals surface area (Å²) in [7, 11) is 1.29. The van der Waals surface area contributed by atoms with Gasteiger partial charge in [0, 0.05) is 17.0 Å². The van der Waals surface area contributed by atoms with Gasteiger partial charge in [0.2, 0.25) is 12.7 Å². The van der Waals surface area contributed by atoms with Gasteiger partial charge in [-0.2, -0.15) is 0 Å². The molecule has 0 bridgehead atoms. The van der Waals surface area contributed by atoms with Crippen LogP contribution in [0.25, 0.3) is 17.0 Å². The SMILES string of the molecule is COC(=O)c1[nH]c2ccccc2c1NC(=O)/C=C/c1ccc2c(c1)OCO2. The minimum Gasteiger partial charge on any atom is -0.464 e. The van der Waals surface area contributed by atoms with Crippen molar-refractivity contribution in [3.8, 4) is 11.5 Å². The third-order valence-corrected chi connectivity index (χ3v) is 4.17. The molecule has 3 aromatic rings. The van der Waals surface area contributed by atoms with Crippen LogP contribution >= 0.6 is 0 Å². The fraction of sp³-hybridized carbons (Fsp3) is 0.100. The van der Waals surface area contributed by atoms with E-state index in [2.05, 4.69) is 10.3 Å². The average molecular weight is 364 g/mol. The number of fused-ring (bicyclic) bond motifs is 2. The number of rotatable bonds is 4. The molecule has 1 amide bonds. The number of ether oxygens (including phenoxy) is 3. The van der Waals surface area contributed by atoms with Crippen LogP contribution in [0.3, 0.4) is 0 Å². The van der Waals surface area contributed by atoms with Crippen molar-refractivity contribution in [1.29, 1.82) is 0 Å². The van der Waals surface area contributed by atoms with Crippen LogP contribution in [0.5, 0.6) is 11.5 Å². The van der Waals surface area contributed by atoms with Crippen molar-refractivity contribution in [2.45, 2.75) is 0 Å². The lowest BCUT2D eigenvalue weighted by molar-refractivity contribution is -0.111. The quantitative estimate of drug-likeness (QED) is 0.547. The van der Waals surface area contributed by atoms with Crippen LogP contribution in [0.2, 0.25) is 0 Å². The molecule has 27 heavy (non-hydrogen) atoms. The first-order valence-electron chi connectivity index (χ1n) is 8.23. The lowest BCUT2D eigenvalue weighted by Gasteiger charge is -2.04. The van der Waals surface area contributed by atoms with Crippen molar-refractivity contribution in [2.24, 2.45) is 0 Å². The number of para-hydroxylation sites is 1. The summed E-state index contributed by atoms with van der Waals surface area (Å²) in [5.74, 6) is 0.393. The van der Waals surface area contributed by atoms with Crippen LogP contribution in [0.4, 0.5) is 5.69 Å². The first-order valence-corrected chi connectivity index (χ1v) is 8.23. The van der Waals surface area contributed by atoms with Crippen LogP contribution in [-0.4, -0.2) is 30.8 Å². The van der Waals surface area contributed by atoms with Crippen molar-refractivity contribution in [3.63, 3.8) is 0 Å². The number of H-pyrrole nitrogens is 1. The largest absolute Gasteiger partial charge is 0.464 e.